The number of ether oxygens (including phenoxy) is 1. The molecule has 0 aromatic heterocycles. The number of rotatable bonds is 10. The van der Waals surface area contributed by atoms with Gasteiger partial charge in [0.1, 0.15) is 12.2 Å². The Morgan fingerprint density at radius 2 is 1.81 bits per heavy atom. The van der Waals surface area contributed by atoms with Gasteiger partial charge in [-0.2, -0.15) is 0 Å². The number of carboxylic acids is 1. The van der Waals surface area contributed by atoms with Crippen LogP contribution in [-0.4, -0.2) is 65.6 Å². The van der Waals surface area contributed by atoms with Crippen molar-refractivity contribution >= 4 is 45.1 Å². The zero-order chi connectivity index (χ0) is 26.9. The van der Waals surface area contributed by atoms with Crippen molar-refractivity contribution in [1.82, 2.24) is 9.21 Å². The first-order valence-electron chi connectivity index (χ1n) is 12.2. The Bertz CT molecular complexity index is 1250. The van der Waals surface area contributed by atoms with Crippen LogP contribution in [-0.2, 0) is 24.3 Å². The maximum atomic E-state index is 13.9. The molecule has 4 rings (SSSR count). The van der Waals surface area contributed by atoms with Gasteiger partial charge in [-0.05, 0) is 54.7 Å². The van der Waals surface area contributed by atoms with E-state index in [0.29, 0.717) is 34.9 Å². The standard InChI is InChI=1S/C26H30Cl2N2O6S/c1-3-20(15-29(2)37(34,35)21-11-12-21)30-24(16-7-9-18(27)10-8-16)25(17-5-4-6-19(28)13-17)36-22(26(30)33)14-23(31)32/h4-10,13,20-22,24-25H,3,11-12,14-15H2,1-2H3,(H,31,32). The zero-order valence-electron chi connectivity index (χ0n) is 20.6. The molecule has 1 amide bonds. The fourth-order valence-electron chi connectivity index (χ4n) is 4.83. The third-order valence-electron chi connectivity index (χ3n) is 6.89. The lowest BCUT2D eigenvalue weighted by Gasteiger charge is -2.48. The van der Waals surface area contributed by atoms with E-state index in [9.17, 15) is 23.1 Å². The first-order chi connectivity index (χ1) is 17.5. The molecule has 0 spiro atoms. The topological polar surface area (TPSA) is 104 Å². The molecule has 1 saturated heterocycles. The summed E-state index contributed by atoms with van der Waals surface area (Å²) in [5, 5.41) is 10.1. The van der Waals surface area contributed by atoms with E-state index in [0.717, 1.165) is 5.56 Å². The summed E-state index contributed by atoms with van der Waals surface area (Å²) in [6.45, 7) is 1.96. The van der Waals surface area contributed by atoms with Gasteiger partial charge in [0, 0.05) is 29.7 Å². The quantitative estimate of drug-likeness (QED) is 0.446. The van der Waals surface area contributed by atoms with Crippen LogP contribution in [0.4, 0.5) is 0 Å². The number of morpholine rings is 1. The average Bonchev–Trinajstić information content (AvgIpc) is 3.70. The highest BCUT2D eigenvalue weighted by molar-refractivity contribution is 7.90. The summed E-state index contributed by atoms with van der Waals surface area (Å²) in [5.74, 6) is -1.67. The third kappa shape index (κ3) is 6.12. The number of likely N-dealkylation sites (N-methyl/N-ethyl adjacent to an activating group) is 1. The highest BCUT2D eigenvalue weighted by Gasteiger charge is 2.48. The van der Waals surface area contributed by atoms with Crippen molar-refractivity contribution in [1.29, 1.82) is 0 Å². The van der Waals surface area contributed by atoms with E-state index in [2.05, 4.69) is 0 Å². The van der Waals surface area contributed by atoms with Crippen LogP contribution in [0.1, 0.15) is 55.9 Å². The van der Waals surface area contributed by atoms with Gasteiger partial charge < -0.3 is 14.7 Å². The van der Waals surface area contributed by atoms with Crippen molar-refractivity contribution in [3.05, 3.63) is 69.7 Å². The average molecular weight is 570 g/mol. The number of carbonyl (C=O) groups is 2. The van der Waals surface area contributed by atoms with Crippen LogP contribution >= 0.6 is 23.2 Å². The molecule has 0 bridgehead atoms. The molecule has 1 heterocycles. The summed E-state index contributed by atoms with van der Waals surface area (Å²) in [7, 11) is -1.95. The van der Waals surface area contributed by atoms with Gasteiger partial charge in [-0.25, -0.2) is 12.7 Å². The number of carbonyl (C=O) groups excluding carboxylic acids is 1. The Morgan fingerprint density at radius 1 is 1.14 bits per heavy atom. The van der Waals surface area contributed by atoms with Crippen molar-refractivity contribution in [3.8, 4) is 0 Å². The molecule has 8 nitrogen and oxygen atoms in total. The molecule has 1 N–H and O–H groups in total. The Hall–Kier alpha value is -2.17. The fourth-order valence-corrected chi connectivity index (χ4v) is 6.78. The van der Waals surface area contributed by atoms with E-state index in [4.69, 9.17) is 27.9 Å². The SMILES string of the molecule is CCC(CN(C)S(=O)(=O)C1CC1)N1C(=O)C(CC(=O)O)OC(c2cccc(Cl)c2)C1c1ccc(Cl)cc1. The van der Waals surface area contributed by atoms with E-state index in [1.165, 1.54) is 11.4 Å². The van der Waals surface area contributed by atoms with E-state index in [-0.39, 0.29) is 11.8 Å². The Labute approximate surface area is 227 Å². The highest BCUT2D eigenvalue weighted by Crippen LogP contribution is 2.45. The smallest absolute Gasteiger partial charge is 0.306 e. The van der Waals surface area contributed by atoms with Gasteiger partial charge in [-0.3, -0.25) is 9.59 Å². The molecule has 0 radical (unpaired) electrons. The molecule has 1 saturated carbocycles. The lowest BCUT2D eigenvalue weighted by Crippen LogP contribution is -2.57. The summed E-state index contributed by atoms with van der Waals surface area (Å²) < 4.78 is 33.4. The van der Waals surface area contributed by atoms with Crippen molar-refractivity contribution < 1.29 is 27.9 Å². The minimum atomic E-state index is -3.48. The summed E-state index contributed by atoms with van der Waals surface area (Å²) >= 11 is 12.4. The zero-order valence-corrected chi connectivity index (χ0v) is 22.9. The number of hydrogen-bond acceptors (Lipinski definition) is 5. The Balaban J connectivity index is 1.81. The number of nitrogens with zero attached hydrogens (tertiary/aromatic N) is 2. The summed E-state index contributed by atoms with van der Waals surface area (Å²) in [6, 6.07) is 12.8. The second kappa shape index (κ2) is 11.3. The number of aliphatic carboxylic acids is 1. The molecule has 37 heavy (non-hydrogen) atoms. The van der Waals surface area contributed by atoms with E-state index < -0.39 is 52.6 Å². The number of carboxylic acid groups (broad SMARTS) is 1. The number of hydrogen-bond donors (Lipinski definition) is 1. The van der Waals surface area contributed by atoms with Crippen molar-refractivity contribution in [2.24, 2.45) is 0 Å². The number of sulfonamides is 1. The second-order valence-corrected chi connectivity index (χ2v) is 12.7. The fraction of sp³-hybridized carbons (Fsp3) is 0.462. The van der Waals surface area contributed by atoms with Gasteiger partial charge in [0.05, 0.1) is 17.7 Å². The van der Waals surface area contributed by atoms with Crippen molar-refractivity contribution in [2.45, 2.75) is 62.1 Å². The number of benzene rings is 2. The first-order valence-corrected chi connectivity index (χ1v) is 14.4. The van der Waals surface area contributed by atoms with E-state index in [1.807, 2.05) is 13.0 Å². The van der Waals surface area contributed by atoms with Gasteiger partial charge in [0.2, 0.25) is 10.0 Å². The summed E-state index contributed by atoms with van der Waals surface area (Å²) in [6.07, 6.45) is -0.810. The predicted molar refractivity (Wildman–Crippen MR) is 141 cm³/mol. The maximum absolute atomic E-state index is 13.9. The van der Waals surface area contributed by atoms with Gasteiger partial charge in [0.25, 0.3) is 5.91 Å². The molecular weight excluding hydrogens is 539 g/mol. The Morgan fingerprint density at radius 3 is 2.38 bits per heavy atom. The second-order valence-electron chi connectivity index (χ2n) is 9.53. The monoisotopic (exact) mass is 568 g/mol. The molecule has 2 fully saturated rings. The summed E-state index contributed by atoms with van der Waals surface area (Å²) in [5.41, 5.74) is 1.40. The molecule has 2 aromatic rings. The minimum Gasteiger partial charge on any atom is -0.481 e. The van der Waals surface area contributed by atoms with Crippen LogP contribution in [0.5, 0.6) is 0 Å². The predicted octanol–water partition coefficient (Wildman–Crippen LogP) is 4.68. The molecule has 200 valence electrons. The molecular formula is C26H30Cl2N2O6S. The Kier molecular flexibility index (Phi) is 8.50. The van der Waals surface area contributed by atoms with Gasteiger partial charge in [-0.1, -0.05) is 54.4 Å². The molecule has 1 aliphatic heterocycles. The number of halogens is 2. The first kappa shape index (κ1) is 27.9. The van der Waals surface area contributed by atoms with E-state index >= 15 is 0 Å². The third-order valence-corrected chi connectivity index (χ3v) is 9.71. The maximum Gasteiger partial charge on any atom is 0.306 e. The normalized spacial score (nSPS) is 23.3. The highest BCUT2D eigenvalue weighted by atomic mass is 35.5. The van der Waals surface area contributed by atoms with Crippen LogP contribution in [0.2, 0.25) is 10.0 Å². The van der Waals surface area contributed by atoms with Crippen LogP contribution in [0.15, 0.2) is 48.5 Å². The van der Waals surface area contributed by atoms with Crippen molar-refractivity contribution in [2.75, 3.05) is 13.6 Å². The lowest BCUT2D eigenvalue weighted by atomic mass is 9.89. The van der Waals surface area contributed by atoms with Gasteiger partial charge >= 0.3 is 5.97 Å². The molecule has 2 aromatic carbocycles. The van der Waals surface area contributed by atoms with Crippen LogP contribution in [0.25, 0.3) is 0 Å². The minimum absolute atomic E-state index is 0.0766. The van der Waals surface area contributed by atoms with Crippen LogP contribution < -0.4 is 0 Å². The molecule has 11 heteroatoms. The van der Waals surface area contributed by atoms with Crippen molar-refractivity contribution in [3.63, 3.8) is 0 Å². The van der Waals surface area contributed by atoms with Crippen LogP contribution in [0, 0.1) is 0 Å². The van der Waals surface area contributed by atoms with Gasteiger partial charge in [-0.15, -0.1) is 0 Å². The number of amides is 1. The molecule has 4 atom stereocenters. The molecule has 4 unspecified atom stereocenters. The van der Waals surface area contributed by atoms with Crippen LogP contribution in [0.3, 0.4) is 0 Å². The largest absolute Gasteiger partial charge is 0.481 e. The van der Waals surface area contributed by atoms with E-state index in [1.54, 1.807) is 47.4 Å². The molecule has 2 aliphatic rings. The van der Waals surface area contributed by atoms with Gasteiger partial charge in [0.15, 0.2) is 0 Å². The lowest BCUT2D eigenvalue weighted by molar-refractivity contribution is -0.183. The molecule has 1 aliphatic carbocycles. The summed E-state index contributed by atoms with van der Waals surface area (Å²) in [4.78, 5) is 27.1.